The Bertz CT molecular complexity index is 1160. The maximum absolute atomic E-state index is 15.6. The number of rotatable bonds is 2. The van der Waals surface area contributed by atoms with Gasteiger partial charge in [0.15, 0.2) is 5.82 Å². The molecule has 0 fully saturated rings. The van der Waals surface area contributed by atoms with Gasteiger partial charge in [0.1, 0.15) is 0 Å². The highest BCUT2D eigenvalue weighted by atomic mass is 19.2. The van der Waals surface area contributed by atoms with Gasteiger partial charge in [-0.2, -0.15) is 9.65 Å². The number of H-pyrrole nitrogens is 2. The summed E-state index contributed by atoms with van der Waals surface area (Å²) in [7, 11) is 0. The molecule has 0 spiro atoms. The molecule has 2 aromatic heterocycles. The predicted octanol–water partition coefficient (Wildman–Crippen LogP) is 3.70. The van der Waals surface area contributed by atoms with Crippen molar-refractivity contribution in [3.63, 3.8) is 0 Å². The fourth-order valence-corrected chi connectivity index (χ4v) is 3.38. The second kappa shape index (κ2) is 5.16. The average Bonchev–Trinajstić information content (AvgIpc) is 3.20. The van der Waals surface area contributed by atoms with Crippen LogP contribution in [0.2, 0.25) is 0 Å². The van der Waals surface area contributed by atoms with Crippen molar-refractivity contribution in [1.82, 2.24) is 15.0 Å². The largest absolute Gasteiger partial charge is 0.361 e. The number of hydrogen-bond acceptors (Lipinski definition) is 3. The fraction of sp³-hybridized carbons (Fsp3) is 0.158. The number of aromatic amines is 2. The average molecular weight is 334 g/mol. The SMILES string of the molecule is Cc1cc(C)c2[nH]ccc2c1C(O)(F)c1nc2cc(C#N)ccc2[nH]1. The highest BCUT2D eigenvalue weighted by Crippen LogP contribution is 2.38. The summed E-state index contributed by atoms with van der Waals surface area (Å²) in [5, 5.41) is 20.3. The zero-order valence-electron chi connectivity index (χ0n) is 13.7. The van der Waals surface area contributed by atoms with E-state index in [1.807, 2.05) is 19.1 Å². The third-order valence-electron chi connectivity index (χ3n) is 4.50. The number of aliphatic hydroxyl groups is 1. The van der Waals surface area contributed by atoms with E-state index in [4.69, 9.17) is 5.26 Å². The number of nitrogens with one attached hydrogen (secondary N) is 2. The Labute approximate surface area is 142 Å². The van der Waals surface area contributed by atoms with Gasteiger partial charge in [-0.25, -0.2) is 4.98 Å². The minimum Gasteiger partial charge on any atom is -0.361 e. The molecular weight excluding hydrogens is 319 g/mol. The van der Waals surface area contributed by atoms with Gasteiger partial charge in [0.2, 0.25) is 0 Å². The van der Waals surface area contributed by atoms with Gasteiger partial charge in [0, 0.05) is 22.7 Å². The molecule has 1 atom stereocenters. The van der Waals surface area contributed by atoms with Gasteiger partial charge in [-0.3, -0.25) is 0 Å². The van der Waals surface area contributed by atoms with Crippen LogP contribution in [0.5, 0.6) is 0 Å². The third kappa shape index (κ3) is 2.21. The number of nitrogens with zero attached hydrogens (tertiary/aromatic N) is 2. The van der Waals surface area contributed by atoms with Crippen molar-refractivity contribution in [2.45, 2.75) is 19.7 Å². The zero-order chi connectivity index (χ0) is 17.8. The second-order valence-electron chi connectivity index (χ2n) is 6.20. The highest BCUT2D eigenvalue weighted by molar-refractivity contribution is 5.88. The Morgan fingerprint density at radius 2 is 2.00 bits per heavy atom. The number of benzene rings is 2. The first-order valence-corrected chi connectivity index (χ1v) is 7.81. The van der Waals surface area contributed by atoms with E-state index < -0.39 is 5.85 Å². The standard InChI is InChI=1S/C19H15FN4O/c1-10-7-11(2)17-13(5-6-22-17)16(10)19(20,25)18-23-14-4-3-12(9-21)8-15(14)24-18/h3-8,22,25H,1-2H3,(H,23,24). The maximum atomic E-state index is 15.6. The number of imidazole rings is 1. The lowest BCUT2D eigenvalue weighted by Crippen LogP contribution is -2.24. The number of nitriles is 1. The summed E-state index contributed by atoms with van der Waals surface area (Å²) in [4.78, 5) is 10.1. The Hall–Kier alpha value is -3.17. The molecule has 0 bridgehead atoms. The zero-order valence-corrected chi connectivity index (χ0v) is 13.7. The molecule has 0 saturated carbocycles. The first-order valence-electron chi connectivity index (χ1n) is 7.81. The maximum Gasteiger partial charge on any atom is 0.292 e. The van der Waals surface area contributed by atoms with Gasteiger partial charge in [-0.15, -0.1) is 0 Å². The molecule has 2 heterocycles. The minimum atomic E-state index is -2.79. The summed E-state index contributed by atoms with van der Waals surface area (Å²) in [6.45, 7) is 3.69. The van der Waals surface area contributed by atoms with E-state index in [2.05, 4.69) is 15.0 Å². The van der Waals surface area contributed by atoms with Gasteiger partial charge in [-0.1, -0.05) is 6.07 Å². The Balaban J connectivity index is 1.96. The third-order valence-corrected chi connectivity index (χ3v) is 4.50. The van der Waals surface area contributed by atoms with Crippen LogP contribution in [0.4, 0.5) is 4.39 Å². The van der Waals surface area contributed by atoms with Crippen molar-refractivity contribution in [2.24, 2.45) is 0 Å². The first-order chi connectivity index (χ1) is 11.9. The summed E-state index contributed by atoms with van der Waals surface area (Å²) in [6.07, 6.45) is 1.72. The summed E-state index contributed by atoms with van der Waals surface area (Å²) < 4.78 is 15.6. The molecule has 0 saturated heterocycles. The Morgan fingerprint density at radius 1 is 1.20 bits per heavy atom. The quantitative estimate of drug-likeness (QED) is 0.522. The molecule has 25 heavy (non-hydrogen) atoms. The van der Waals surface area contributed by atoms with Crippen molar-refractivity contribution in [2.75, 3.05) is 0 Å². The van der Waals surface area contributed by atoms with Crippen LogP contribution >= 0.6 is 0 Å². The molecule has 0 amide bonds. The van der Waals surface area contributed by atoms with Crippen LogP contribution in [0.3, 0.4) is 0 Å². The summed E-state index contributed by atoms with van der Waals surface area (Å²) in [5.41, 5.74) is 3.95. The number of aryl methyl sites for hydroxylation is 2. The molecule has 5 nitrogen and oxygen atoms in total. The topological polar surface area (TPSA) is 88.5 Å². The van der Waals surface area contributed by atoms with Gasteiger partial charge in [0.05, 0.1) is 22.7 Å². The van der Waals surface area contributed by atoms with Gasteiger partial charge < -0.3 is 15.1 Å². The molecule has 0 aliphatic heterocycles. The molecule has 4 rings (SSSR count). The molecular formula is C19H15FN4O. The van der Waals surface area contributed by atoms with Crippen LogP contribution in [0.25, 0.3) is 21.9 Å². The number of alkyl halides is 1. The van der Waals surface area contributed by atoms with E-state index in [-0.39, 0.29) is 11.4 Å². The molecule has 6 heteroatoms. The minimum absolute atomic E-state index is 0.161. The molecule has 4 aromatic rings. The lowest BCUT2D eigenvalue weighted by molar-refractivity contribution is -0.0606. The molecule has 2 aromatic carbocycles. The van der Waals surface area contributed by atoms with Crippen molar-refractivity contribution in [3.8, 4) is 6.07 Å². The highest BCUT2D eigenvalue weighted by Gasteiger charge is 2.38. The fourth-order valence-electron chi connectivity index (χ4n) is 3.38. The molecule has 0 radical (unpaired) electrons. The van der Waals surface area contributed by atoms with Crippen LogP contribution in [-0.4, -0.2) is 20.1 Å². The van der Waals surface area contributed by atoms with Gasteiger partial charge >= 0.3 is 0 Å². The molecule has 0 aliphatic rings. The Kier molecular flexibility index (Phi) is 3.17. The van der Waals surface area contributed by atoms with Crippen LogP contribution in [0.15, 0.2) is 36.5 Å². The van der Waals surface area contributed by atoms with Crippen LogP contribution in [0.1, 0.15) is 28.1 Å². The molecule has 0 aliphatic carbocycles. The Morgan fingerprint density at radius 3 is 2.76 bits per heavy atom. The first kappa shape index (κ1) is 15.4. The molecule has 1 unspecified atom stereocenters. The monoisotopic (exact) mass is 334 g/mol. The molecule has 3 N–H and O–H groups in total. The van der Waals surface area contributed by atoms with Gasteiger partial charge in [-0.05, 0) is 49.2 Å². The predicted molar refractivity (Wildman–Crippen MR) is 92.7 cm³/mol. The summed E-state index contributed by atoms with van der Waals surface area (Å²) in [6, 6.07) is 10.4. The van der Waals surface area contributed by atoms with E-state index in [1.165, 1.54) is 0 Å². The van der Waals surface area contributed by atoms with Gasteiger partial charge in [0.25, 0.3) is 5.85 Å². The van der Waals surface area contributed by atoms with E-state index in [9.17, 15) is 5.11 Å². The number of fused-ring (bicyclic) bond motifs is 2. The van der Waals surface area contributed by atoms with E-state index in [0.717, 1.165) is 11.1 Å². The number of hydrogen-bond donors (Lipinski definition) is 3. The van der Waals surface area contributed by atoms with Crippen LogP contribution < -0.4 is 0 Å². The lowest BCUT2D eigenvalue weighted by Gasteiger charge is -2.21. The normalized spacial score (nSPS) is 13.9. The van der Waals surface area contributed by atoms with E-state index in [0.29, 0.717) is 27.5 Å². The van der Waals surface area contributed by atoms with Crippen molar-refractivity contribution in [1.29, 1.82) is 5.26 Å². The van der Waals surface area contributed by atoms with Crippen molar-refractivity contribution < 1.29 is 9.50 Å². The van der Waals surface area contributed by atoms with Crippen LogP contribution in [0, 0.1) is 25.2 Å². The number of halogens is 1. The van der Waals surface area contributed by atoms with E-state index >= 15 is 4.39 Å². The second-order valence-corrected chi connectivity index (χ2v) is 6.20. The van der Waals surface area contributed by atoms with Crippen molar-refractivity contribution >= 4 is 21.9 Å². The number of aromatic nitrogens is 3. The summed E-state index contributed by atoms with van der Waals surface area (Å²) in [5.74, 6) is -2.99. The molecule has 124 valence electrons. The van der Waals surface area contributed by atoms with E-state index in [1.54, 1.807) is 37.4 Å². The van der Waals surface area contributed by atoms with Crippen molar-refractivity contribution in [3.05, 3.63) is 64.6 Å². The van der Waals surface area contributed by atoms with Crippen LogP contribution in [-0.2, 0) is 5.85 Å². The summed E-state index contributed by atoms with van der Waals surface area (Å²) >= 11 is 0. The smallest absolute Gasteiger partial charge is 0.292 e. The lowest BCUT2D eigenvalue weighted by atomic mass is 9.94.